The molecule has 2 aromatic rings. The third-order valence-corrected chi connectivity index (χ3v) is 11.1. The fraction of sp³-hybridized carbons (Fsp3) is 0.500. The van der Waals surface area contributed by atoms with Crippen molar-refractivity contribution in [1.82, 2.24) is 0 Å². The molecule has 2 aromatic carbocycles. The van der Waals surface area contributed by atoms with Gasteiger partial charge >= 0.3 is 17.3 Å². The summed E-state index contributed by atoms with van der Waals surface area (Å²) < 4.78 is 98.8. The monoisotopic (exact) mass is 566 g/mol. The minimum Gasteiger partial charge on any atom is -0.399 e. The van der Waals surface area contributed by atoms with Gasteiger partial charge in [-0.15, -0.1) is 0 Å². The van der Waals surface area contributed by atoms with E-state index in [0.717, 1.165) is 17.6 Å². The molecule has 1 aliphatic carbocycles. The van der Waals surface area contributed by atoms with Gasteiger partial charge in [-0.05, 0) is 95.2 Å². The first-order chi connectivity index (χ1) is 16.7. The van der Waals surface area contributed by atoms with Gasteiger partial charge in [0, 0.05) is 21.9 Å². The molecule has 5 nitrogen and oxygen atoms in total. The quantitative estimate of drug-likeness (QED) is 0.281. The molecule has 1 saturated carbocycles. The van der Waals surface area contributed by atoms with Crippen molar-refractivity contribution in [2.75, 3.05) is 5.32 Å². The zero-order valence-corrected chi connectivity index (χ0v) is 22.7. The van der Waals surface area contributed by atoms with Crippen molar-refractivity contribution in [2.24, 2.45) is 0 Å². The summed E-state index contributed by atoms with van der Waals surface area (Å²) in [4.78, 5) is -1.50. The molecule has 206 valence electrons. The Hall–Kier alpha value is -1.83. The first-order valence-electron chi connectivity index (χ1n) is 12.0. The van der Waals surface area contributed by atoms with Crippen molar-refractivity contribution >= 4 is 38.2 Å². The van der Waals surface area contributed by atoms with Gasteiger partial charge in [0.25, 0.3) is 0 Å². The van der Waals surface area contributed by atoms with Crippen LogP contribution in [-0.4, -0.2) is 33.8 Å². The van der Waals surface area contributed by atoms with E-state index >= 15 is 0 Å². The summed E-state index contributed by atoms with van der Waals surface area (Å²) in [5, 5.41) is 2.70. The molecule has 0 radical (unpaired) electrons. The molecule has 1 saturated heterocycles. The molecule has 2 aliphatic rings. The Labute approximate surface area is 215 Å². The highest BCUT2D eigenvalue weighted by molar-refractivity contribution is 8.45. The van der Waals surface area contributed by atoms with Gasteiger partial charge in [-0.2, -0.15) is 0 Å². The highest BCUT2D eigenvalue weighted by Crippen LogP contribution is 3.02. The molecule has 0 amide bonds. The van der Waals surface area contributed by atoms with Crippen LogP contribution in [0.25, 0.3) is 0 Å². The lowest BCUT2D eigenvalue weighted by Gasteiger charge is -2.40. The summed E-state index contributed by atoms with van der Waals surface area (Å²) in [7, 11) is -13.3. The molecule has 2 fully saturated rings. The van der Waals surface area contributed by atoms with E-state index in [2.05, 4.69) is 5.32 Å². The molecule has 0 aromatic heterocycles. The normalized spacial score (nSPS) is 27.1. The fourth-order valence-corrected chi connectivity index (χ4v) is 7.09. The van der Waals surface area contributed by atoms with Crippen molar-refractivity contribution in [3.8, 4) is 0 Å². The lowest BCUT2D eigenvalue weighted by molar-refractivity contribution is 0.00578. The van der Waals surface area contributed by atoms with Gasteiger partial charge in [0.05, 0.1) is 20.9 Å². The lowest BCUT2D eigenvalue weighted by Crippen LogP contribution is -2.41. The van der Waals surface area contributed by atoms with Crippen LogP contribution in [0.15, 0.2) is 58.3 Å². The Morgan fingerprint density at radius 2 is 1.35 bits per heavy atom. The summed E-state index contributed by atoms with van der Waals surface area (Å²) in [6.45, 7) is 7.83. The van der Waals surface area contributed by atoms with Crippen LogP contribution in [0.1, 0.15) is 53.4 Å². The van der Waals surface area contributed by atoms with Crippen LogP contribution in [0.2, 0.25) is 0 Å². The second-order valence-corrected chi connectivity index (χ2v) is 15.6. The Bertz CT molecular complexity index is 1250. The molecular formula is C24H32BF5N2O3S2. The first-order valence-corrected chi connectivity index (χ1v) is 15.6. The topological polar surface area (TPSA) is 71.4 Å². The van der Waals surface area contributed by atoms with E-state index in [-0.39, 0.29) is 11.3 Å². The average Bonchev–Trinajstić information content (AvgIpc) is 3.00. The zero-order valence-electron chi connectivity index (χ0n) is 21.1. The third-order valence-electron chi connectivity index (χ3n) is 7.57. The number of halogens is 5. The maximum absolute atomic E-state index is 13.4. The molecule has 1 heterocycles. The van der Waals surface area contributed by atoms with Crippen molar-refractivity contribution in [3.05, 3.63) is 48.5 Å². The van der Waals surface area contributed by atoms with Crippen LogP contribution in [0.3, 0.4) is 0 Å². The van der Waals surface area contributed by atoms with Gasteiger partial charge in [-0.25, -0.2) is 8.99 Å². The number of hydrogen-bond acceptors (Lipinski definition) is 5. The van der Waals surface area contributed by atoms with Gasteiger partial charge in [0.15, 0.2) is 0 Å². The van der Waals surface area contributed by atoms with E-state index < -0.39 is 43.2 Å². The van der Waals surface area contributed by atoms with Crippen LogP contribution in [0, 0.1) is 4.78 Å². The standard InChI is InChI=1S/C24H32BF5N2O3S2/c1-23(2)24(3,4)35-25(34-23)17-5-11-20(12-6-17)36(31,33)21-13-7-18(8-14-21)32-19-9-15-22(16-10-19)37(26,27,28,29)30/h5-6,9-12,15-16,18,21,31-32H,7-8,13-14H2,1-4H3. The van der Waals surface area contributed by atoms with Crippen LogP contribution in [0.4, 0.5) is 25.1 Å². The second kappa shape index (κ2) is 8.34. The van der Waals surface area contributed by atoms with Crippen LogP contribution >= 0.6 is 10.2 Å². The minimum atomic E-state index is -9.70. The number of nitrogens with one attached hydrogen (secondary N) is 2. The molecule has 2 N–H and O–H groups in total. The highest BCUT2D eigenvalue weighted by Gasteiger charge is 2.65. The SMILES string of the molecule is CC1(C)OB(c2ccc(S(=N)(=O)C3CCC(Nc4ccc(S(F)(F)(F)(F)F)cc4)CC3)cc2)OC1(C)C. The predicted octanol–water partition coefficient (Wildman–Crippen LogP) is 7.47. The summed E-state index contributed by atoms with van der Waals surface area (Å²) in [5.41, 5.74) is 0.109. The van der Waals surface area contributed by atoms with E-state index in [1.54, 1.807) is 24.3 Å². The predicted molar refractivity (Wildman–Crippen MR) is 139 cm³/mol. The second-order valence-electron chi connectivity index (χ2n) is 10.9. The molecule has 13 heteroatoms. The molecule has 1 atom stereocenters. The van der Waals surface area contributed by atoms with E-state index in [9.17, 15) is 23.6 Å². The zero-order chi connectivity index (χ0) is 27.6. The van der Waals surface area contributed by atoms with Crippen LogP contribution in [-0.2, 0) is 19.0 Å². The van der Waals surface area contributed by atoms with Gasteiger partial charge < -0.3 is 14.6 Å². The lowest BCUT2D eigenvalue weighted by atomic mass is 9.79. The summed E-state index contributed by atoms with van der Waals surface area (Å²) in [6, 6.07) is 9.55. The molecule has 0 spiro atoms. The Balaban J connectivity index is 1.36. The van der Waals surface area contributed by atoms with Crippen LogP contribution < -0.4 is 10.8 Å². The van der Waals surface area contributed by atoms with E-state index in [4.69, 9.17) is 14.1 Å². The number of hydrogen-bond donors (Lipinski definition) is 2. The van der Waals surface area contributed by atoms with E-state index in [0.29, 0.717) is 48.4 Å². The molecule has 4 rings (SSSR count). The van der Waals surface area contributed by atoms with Gasteiger partial charge in [-0.1, -0.05) is 31.6 Å². The first kappa shape index (κ1) is 28.2. The van der Waals surface area contributed by atoms with Gasteiger partial charge in [0.1, 0.15) is 4.90 Å². The molecule has 1 aliphatic heterocycles. The maximum Gasteiger partial charge on any atom is 0.494 e. The van der Waals surface area contributed by atoms with Gasteiger partial charge in [-0.3, -0.25) is 0 Å². The Morgan fingerprint density at radius 1 is 0.865 bits per heavy atom. The van der Waals surface area contributed by atoms with Crippen molar-refractivity contribution in [2.45, 2.75) is 85.7 Å². The minimum absolute atomic E-state index is 0.122. The van der Waals surface area contributed by atoms with E-state index in [1.165, 1.54) is 0 Å². The molecular weight excluding hydrogens is 534 g/mol. The Morgan fingerprint density at radius 3 is 1.81 bits per heavy atom. The average molecular weight is 566 g/mol. The van der Waals surface area contributed by atoms with Crippen LogP contribution in [0.5, 0.6) is 0 Å². The summed E-state index contributed by atoms with van der Waals surface area (Å²) in [5.74, 6) is 0. The third kappa shape index (κ3) is 5.94. The van der Waals surface area contributed by atoms with Gasteiger partial charge in [0.2, 0.25) is 0 Å². The van der Waals surface area contributed by atoms with Crippen molar-refractivity contribution < 1.29 is 32.9 Å². The highest BCUT2D eigenvalue weighted by atomic mass is 32.5. The molecule has 1 unspecified atom stereocenters. The largest absolute Gasteiger partial charge is 0.494 e. The fourth-order valence-electron chi connectivity index (χ4n) is 4.58. The number of benzene rings is 2. The summed E-state index contributed by atoms with van der Waals surface area (Å²) >= 11 is 0. The molecule has 37 heavy (non-hydrogen) atoms. The number of anilines is 1. The smallest absolute Gasteiger partial charge is 0.399 e. The maximum atomic E-state index is 13.4. The number of rotatable bonds is 6. The van der Waals surface area contributed by atoms with Crippen molar-refractivity contribution in [3.63, 3.8) is 0 Å². The van der Waals surface area contributed by atoms with Crippen molar-refractivity contribution in [1.29, 1.82) is 4.78 Å². The summed E-state index contributed by atoms with van der Waals surface area (Å²) in [6.07, 6.45) is 2.08. The van der Waals surface area contributed by atoms with E-state index in [1.807, 2.05) is 27.7 Å². The molecule has 0 bridgehead atoms. The Kier molecular flexibility index (Phi) is 6.35.